The van der Waals surface area contributed by atoms with Crippen LogP contribution in [0.2, 0.25) is 0 Å². The summed E-state index contributed by atoms with van der Waals surface area (Å²) in [5.41, 5.74) is 1.39. The van der Waals surface area contributed by atoms with Crippen LogP contribution < -0.4 is 10.1 Å². The Kier molecular flexibility index (Phi) is 4.63. The molecule has 23 heavy (non-hydrogen) atoms. The summed E-state index contributed by atoms with van der Waals surface area (Å²) in [7, 11) is 0. The van der Waals surface area contributed by atoms with E-state index in [4.69, 9.17) is 4.74 Å². The fourth-order valence-corrected chi connectivity index (χ4v) is 3.06. The normalized spacial score (nSPS) is 10.5. The molecule has 2 aromatic heterocycles. The predicted octanol–water partition coefficient (Wildman–Crippen LogP) is 3.44. The molecule has 1 amide bonds. The number of rotatable bonds is 5. The summed E-state index contributed by atoms with van der Waals surface area (Å²) in [6.45, 7) is 4.17. The Morgan fingerprint density at radius 2 is 2.13 bits per heavy atom. The summed E-state index contributed by atoms with van der Waals surface area (Å²) in [5.74, 6) is 0.382. The van der Waals surface area contributed by atoms with Crippen LogP contribution in [0.5, 0.6) is 5.75 Å². The molecule has 6 nitrogen and oxygen atoms in total. The van der Waals surface area contributed by atoms with Crippen molar-refractivity contribution in [2.24, 2.45) is 0 Å². The second-order valence-electron chi connectivity index (χ2n) is 4.75. The highest BCUT2D eigenvalue weighted by atomic mass is 32.1. The number of aryl methyl sites for hydroxylation is 2. The molecule has 0 atom stereocenters. The first-order valence-electron chi connectivity index (χ1n) is 6.85. The molecule has 8 heteroatoms. The summed E-state index contributed by atoms with van der Waals surface area (Å²) in [6.07, 6.45) is 0. The number of amides is 1. The maximum atomic E-state index is 12.2. The monoisotopic (exact) mass is 346 g/mol. The minimum absolute atomic E-state index is 0.240. The van der Waals surface area contributed by atoms with Crippen LogP contribution in [0.15, 0.2) is 29.6 Å². The van der Waals surface area contributed by atoms with Gasteiger partial charge in [0, 0.05) is 10.9 Å². The van der Waals surface area contributed by atoms with Gasteiger partial charge in [-0.1, -0.05) is 17.4 Å². The number of hydrogen-bond acceptors (Lipinski definition) is 7. The Morgan fingerprint density at radius 1 is 1.26 bits per heavy atom. The second kappa shape index (κ2) is 6.84. The largest absolute Gasteiger partial charge is 0.487 e. The van der Waals surface area contributed by atoms with Crippen molar-refractivity contribution in [3.05, 3.63) is 50.9 Å². The number of thiazole rings is 1. The van der Waals surface area contributed by atoms with Gasteiger partial charge >= 0.3 is 0 Å². The zero-order chi connectivity index (χ0) is 16.2. The van der Waals surface area contributed by atoms with Crippen molar-refractivity contribution >= 4 is 33.7 Å². The highest BCUT2D eigenvalue weighted by molar-refractivity contribution is 7.15. The first-order valence-corrected chi connectivity index (χ1v) is 8.55. The van der Waals surface area contributed by atoms with Crippen molar-refractivity contribution in [2.75, 3.05) is 5.32 Å². The van der Waals surface area contributed by atoms with Crippen molar-refractivity contribution in [1.82, 2.24) is 15.2 Å². The lowest BCUT2D eigenvalue weighted by atomic mass is 10.2. The molecule has 0 saturated carbocycles. The molecule has 0 bridgehead atoms. The first kappa shape index (κ1) is 15.6. The van der Waals surface area contributed by atoms with Gasteiger partial charge in [-0.15, -0.1) is 21.5 Å². The van der Waals surface area contributed by atoms with Crippen LogP contribution in [-0.4, -0.2) is 21.1 Å². The molecule has 118 valence electrons. The van der Waals surface area contributed by atoms with Gasteiger partial charge in [0.05, 0.1) is 10.7 Å². The number of hydrogen-bond donors (Lipinski definition) is 1. The van der Waals surface area contributed by atoms with E-state index in [1.165, 1.54) is 11.3 Å². The van der Waals surface area contributed by atoms with Gasteiger partial charge in [0.25, 0.3) is 5.91 Å². The van der Waals surface area contributed by atoms with Crippen molar-refractivity contribution in [2.45, 2.75) is 20.5 Å². The minimum Gasteiger partial charge on any atom is -0.487 e. The Morgan fingerprint density at radius 3 is 2.83 bits per heavy atom. The number of carbonyl (C=O) groups is 1. The second-order valence-corrected chi connectivity index (χ2v) is 7.00. The fourth-order valence-electron chi connectivity index (χ4n) is 1.88. The smallest absolute Gasteiger partial charge is 0.257 e. The van der Waals surface area contributed by atoms with Crippen LogP contribution in [-0.2, 0) is 6.61 Å². The van der Waals surface area contributed by atoms with Crippen molar-refractivity contribution in [3.8, 4) is 5.75 Å². The number of anilines is 1. The van der Waals surface area contributed by atoms with Gasteiger partial charge in [-0.3, -0.25) is 10.1 Å². The maximum Gasteiger partial charge on any atom is 0.257 e. The molecule has 0 aliphatic heterocycles. The standard InChI is InChI=1S/C15H14N4O2S2/c1-9-16-12(8-22-9)7-21-13-5-3-4-11(6-13)14(20)17-15-19-18-10(2)23-15/h3-6,8H,7H2,1-2H3,(H,17,19,20). The predicted molar refractivity (Wildman–Crippen MR) is 90.2 cm³/mol. The van der Waals surface area contributed by atoms with E-state index in [-0.39, 0.29) is 5.91 Å². The summed E-state index contributed by atoms with van der Waals surface area (Å²) < 4.78 is 5.69. The van der Waals surface area contributed by atoms with E-state index in [0.29, 0.717) is 23.1 Å². The Balaban J connectivity index is 1.65. The summed E-state index contributed by atoms with van der Waals surface area (Å²) in [5, 5.41) is 14.7. The first-order chi connectivity index (χ1) is 11.1. The van der Waals surface area contributed by atoms with Crippen molar-refractivity contribution in [3.63, 3.8) is 0 Å². The van der Waals surface area contributed by atoms with Crippen LogP contribution in [0.3, 0.4) is 0 Å². The molecule has 0 radical (unpaired) electrons. The molecule has 3 aromatic rings. The van der Waals surface area contributed by atoms with Gasteiger partial charge in [0.15, 0.2) is 0 Å². The lowest BCUT2D eigenvalue weighted by molar-refractivity contribution is 0.102. The zero-order valence-electron chi connectivity index (χ0n) is 12.6. The van der Waals surface area contributed by atoms with E-state index in [0.717, 1.165) is 15.7 Å². The van der Waals surface area contributed by atoms with Gasteiger partial charge in [0.1, 0.15) is 17.4 Å². The molecule has 1 N–H and O–H groups in total. The topological polar surface area (TPSA) is 77.0 Å². The highest BCUT2D eigenvalue weighted by Crippen LogP contribution is 2.19. The number of aromatic nitrogens is 3. The quantitative estimate of drug-likeness (QED) is 0.766. The third-order valence-electron chi connectivity index (χ3n) is 2.90. The minimum atomic E-state index is -0.240. The van der Waals surface area contributed by atoms with Crippen LogP contribution in [0.1, 0.15) is 26.1 Å². The van der Waals surface area contributed by atoms with E-state index in [9.17, 15) is 4.79 Å². The molecule has 0 fully saturated rings. The zero-order valence-corrected chi connectivity index (χ0v) is 14.2. The van der Waals surface area contributed by atoms with Crippen LogP contribution in [0.4, 0.5) is 5.13 Å². The number of ether oxygens (including phenoxy) is 1. The Hall–Kier alpha value is -2.32. The summed E-state index contributed by atoms with van der Waals surface area (Å²) >= 11 is 2.92. The number of benzene rings is 1. The summed E-state index contributed by atoms with van der Waals surface area (Å²) in [4.78, 5) is 16.6. The van der Waals surface area contributed by atoms with Gasteiger partial charge in [-0.25, -0.2) is 4.98 Å². The average molecular weight is 346 g/mol. The fraction of sp³-hybridized carbons (Fsp3) is 0.200. The number of nitrogens with one attached hydrogen (secondary N) is 1. The van der Waals surface area contributed by atoms with E-state index >= 15 is 0 Å². The molecular weight excluding hydrogens is 332 g/mol. The Bertz CT molecular complexity index is 828. The summed E-state index contributed by atoms with van der Waals surface area (Å²) in [6, 6.07) is 7.01. The van der Waals surface area contributed by atoms with E-state index in [2.05, 4.69) is 20.5 Å². The van der Waals surface area contributed by atoms with Gasteiger partial charge < -0.3 is 4.74 Å². The van der Waals surface area contributed by atoms with Crippen molar-refractivity contribution < 1.29 is 9.53 Å². The molecule has 0 spiro atoms. The van der Waals surface area contributed by atoms with Crippen LogP contribution in [0, 0.1) is 13.8 Å². The number of carbonyl (C=O) groups excluding carboxylic acids is 1. The number of nitrogens with zero attached hydrogens (tertiary/aromatic N) is 3. The van der Waals surface area contributed by atoms with E-state index in [1.54, 1.807) is 29.5 Å². The molecular formula is C15H14N4O2S2. The third-order valence-corrected chi connectivity index (χ3v) is 4.47. The SMILES string of the molecule is Cc1nc(COc2cccc(C(=O)Nc3nnc(C)s3)c2)cs1. The Labute approximate surface area is 141 Å². The highest BCUT2D eigenvalue weighted by Gasteiger charge is 2.10. The molecule has 0 aliphatic rings. The van der Waals surface area contributed by atoms with Crippen molar-refractivity contribution in [1.29, 1.82) is 0 Å². The molecule has 0 saturated heterocycles. The molecule has 3 rings (SSSR count). The van der Waals surface area contributed by atoms with Gasteiger partial charge in [-0.05, 0) is 32.0 Å². The average Bonchev–Trinajstić information content (AvgIpc) is 3.14. The van der Waals surface area contributed by atoms with E-state index in [1.807, 2.05) is 25.3 Å². The van der Waals surface area contributed by atoms with Gasteiger partial charge in [-0.2, -0.15) is 0 Å². The van der Waals surface area contributed by atoms with Gasteiger partial charge in [0.2, 0.25) is 5.13 Å². The molecule has 0 unspecified atom stereocenters. The molecule has 0 aliphatic carbocycles. The lowest BCUT2D eigenvalue weighted by Gasteiger charge is -2.06. The van der Waals surface area contributed by atoms with E-state index < -0.39 is 0 Å². The molecule has 2 heterocycles. The van der Waals surface area contributed by atoms with Crippen LogP contribution in [0.25, 0.3) is 0 Å². The van der Waals surface area contributed by atoms with Crippen LogP contribution >= 0.6 is 22.7 Å². The third kappa shape index (κ3) is 4.11. The maximum absolute atomic E-state index is 12.2. The lowest BCUT2D eigenvalue weighted by Crippen LogP contribution is -2.11. The molecule has 1 aromatic carbocycles.